The molecule has 0 radical (unpaired) electrons. The van der Waals surface area contributed by atoms with E-state index in [1.54, 1.807) is 17.4 Å². The Morgan fingerprint density at radius 1 is 1.04 bits per heavy atom. The number of benzene rings is 2. The standard InChI is InChI=1S/C17H11N3O2S/c21-15(14-7-3-5-11-4-1-2-6-13(11)14)18-17-20-19-16(22-17)12-8-9-23-10-12/h1-10H,(H,18,20,21). The molecule has 0 bridgehead atoms. The number of carbonyl (C=O) groups is 1. The van der Waals surface area contributed by atoms with Gasteiger partial charge in [0.25, 0.3) is 11.8 Å². The van der Waals surface area contributed by atoms with Crippen molar-refractivity contribution in [1.29, 1.82) is 0 Å². The molecule has 0 aliphatic heterocycles. The van der Waals surface area contributed by atoms with Crippen LogP contribution in [0, 0.1) is 0 Å². The molecule has 0 saturated carbocycles. The fraction of sp³-hybridized carbons (Fsp3) is 0. The van der Waals surface area contributed by atoms with Gasteiger partial charge in [-0.3, -0.25) is 10.1 Å². The fourth-order valence-electron chi connectivity index (χ4n) is 2.36. The van der Waals surface area contributed by atoms with Crippen LogP contribution < -0.4 is 5.32 Å². The van der Waals surface area contributed by atoms with Crippen LogP contribution >= 0.6 is 11.3 Å². The third kappa shape index (κ3) is 2.60. The quantitative estimate of drug-likeness (QED) is 0.614. The van der Waals surface area contributed by atoms with Crippen LogP contribution in [0.3, 0.4) is 0 Å². The van der Waals surface area contributed by atoms with Gasteiger partial charge in [0.05, 0.1) is 0 Å². The minimum absolute atomic E-state index is 0.0872. The maximum atomic E-state index is 12.5. The Bertz CT molecular complexity index is 971. The van der Waals surface area contributed by atoms with Gasteiger partial charge in [-0.15, -0.1) is 5.10 Å². The molecule has 6 heteroatoms. The second-order valence-corrected chi connectivity index (χ2v) is 5.69. The van der Waals surface area contributed by atoms with Crippen molar-refractivity contribution in [2.24, 2.45) is 0 Å². The van der Waals surface area contributed by atoms with Gasteiger partial charge >= 0.3 is 6.01 Å². The zero-order chi connectivity index (χ0) is 15.6. The molecule has 4 aromatic rings. The van der Waals surface area contributed by atoms with Gasteiger partial charge in [0.15, 0.2) is 0 Å². The van der Waals surface area contributed by atoms with Crippen LogP contribution in [0.5, 0.6) is 0 Å². The first-order chi connectivity index (χ1) is 11.3. The lowest BCUT2D eigenvalue weighted by Crippen LogP contribution is -2.12. The lowest BCUT2D eigenvalue weighted by molar-refractivity contribution is 0.102. The summed E-state index contributed by atoms with van der Waals surface area (Å²) in [6.07, 6.45) is 0. The Morgan fingerprint density at radius 3 is 2.78 bits per heavy atom. The average Bonchev–Trinajstić information content (AvgIpc) is 3.25. The van der Waals surface area contributed by atoms with Crippen molar-refractivity contribution in [2.75, 3.05) is 5.32 Å². The second kappa shape index (κ2) is 5.66. The molecule has 2 aromatic heterocycles. The first-order valence-electron chi connectivity index (χ1n) is 6.96. The Labute approximate surface area is 135 Å². The minimum Gasteiger partial charge on any atom is -0.403 e. The lowest BCUT2D eigenvalue weighted by atomic mass is 10.0. The molecule has 0 spiro atoms. The summed E-state index contributed by atoms with van der Waals surface area (Å²) in [7, 11) is 0. The number of fused-ring (bicyclic) bond motifs is 1. The number of rotatable bonds is 3. The maximum Gasteiger partial charge on any atom is 0.322 e. The monoisotopic (exact) mass is 321 g/mol. The van der Waals surface area contributed by atoms with E-state index < -0.39 is 0 Å². The predicted molar refractivity (Wildman–Crippen MR) is 89.5 cm³/mol. The van der Waals surface area contributed by atoms with E-state index in [9.17, 15) is 4.79 Å². The SMILES string of the molecule is O=C(Nc1nnc(-c2ccsc2)o1)c1cccc2ccccc12. The largest absolute Gasteiger partial charge is 0.403 e. The molecule has 1 amide bonds. The zero-order valence-corrected chi connectivity index (χ0v) is 12.7. The molecular weight excluding hydrogens is 310 g/mol. The smallest absolute Gasteiger partial charge is 0.322 e. The van der Waals surface area contributed by atoms with Crippen molar-refractivity contribution in [3.63, 3.8) is 0 Å². The van der Waals surface area contributed by atoms with E-state index in [1.165, 1.54) is 0 Å². The highest BCUT2D eigenvalue weighted by molar-refractivity contribution is 7.08. The Morgan fingerprint density at radius 2 is 1.91 bits per heavy atom. The van der Waals surface area contributed by atoms with Crippen molar-refractivity contribution in [3.8, 4) is 11.5 Å². The molecule has 0 saturated heterocycles. The van der Waals surface area contributed by atoms with Crippen molar-refractivity contribution < 1.29 is 9.21 Å². The number of nitrogens with zero attached hydrogens (tertiary/aromatic N) is 2. The number of amides is 1. The fourth-order valence-corrected chi connectivity index (χ4v) is 2.99. The summed E-state index contributed by atoms with van der Waals surface area (Å²) in [6.45, 7) is 0. The van der Waals surface area contributed by atoms with Gasteiger partial charge in [-0.25, -0.2) is 0 Å². The number of hydrogen-bond donors (Lipinski definition) is 1. The van der Waals surface area contributed by atoms with Crippen LogP contribution in [0.1, 0.15) is 10.4 Å². The number of hydrogen-bond acceptors (Lipinski definition) is 5. The number of thiophene rings is 1. The average molecular weight is 321 g/mol. The Hall–Kier alpha value is -2.99. The molecule has 2 aromatic carbocycles. The summed E-state index contributed by atoms with van der Waals surface area (Å²) < 4.78 is 5.48. The minimum atomic E-state index is -0.276. The van der Waals surface area contributed by atoms with Gasteiger partial charge in [-0.1, -0.05) is 41.5 Å². The van der Waals surface area contributed by atoms with E-state index in [1.807, 2.05) is 53.2 Å². The molecule has 5 nitrogen and oxygen atoms in total. The van der Waals surface area contributed by atoms with Crippen LogP contribution in [0.4, 0.5) is 6.01 Å². The van der Waals surface area contributed by atoms with Gasteiger partial charge in [0.1, 0.15) is 0 Å². The summed E-state index contributed by atoms with van der Waals surface area (Å²) in [6, 6.07) is 15.3. The van der Waals surface area contributed by atoms with Gasteiger partial charge in [0, 0.05) is 16.5 Å². The summed E-state index contributed by atoms with van der Waals surface area (Å²) in [5.74, 6) is 0.113. The van der Waals surface area contributed by atoms with Crippen molar-refractivity contribution >= 4 is 34.0 Å². The van der Waals surface area contributed by atoms with Gasteiger partial charge in [-0.05, 0) is 28.3 Å². The predicted octanol–water partition coefficient (Wildman–Crippen LogP) is 4.20. The van der Waals surface area contributed by atoms with E-state index in [0.717, 1.165) is 16.3 Å². The second-order valence-electron chi connectivity index (χ2n) is 4.91. The van der Waals surface area contributed by atoms with E-state index in [-0.39, 0.29) is 11.9 Å². The van der Waals surface area contributed by atoms with Crippen molar-refractivity contribution in [3.05, 3.63) is 64.9 Å². The van der Waals surface area contributed by atoms with Crippen molar-refractivity contribution in [1.82, 2.24) is 10.2 Å². The molecule has 0 unspecified atom stereocenters. The third-order valence-corrected chi connectivity index (χ3v) is 4.13. The van der Waals surface area contributed by atoms with Crippen LogP contribution in [0.15, 0.2) is 63.7 Å². The van der Waals surface area contributed by atoms with E-state index in [2.05, 4.69) is 15.5 Å². The first kappa shape index (κ1) is 13.7. The van der Waals surface area contributed by atoms with Crippen molar-refractivity contribution in [2.45, 2.75) is 0 Å². The van der Waals surface area contributed by atoms with Gasteiger partial charge in [-0.2, -0.15) is 11.3 Å². The van der Waals surface area contributed by atoms with E-state index in [4.69, 9.17) is 4.42 Å². The molecule has 1 N–H and O–H groups in total. The highest BCUT2D eigenvalue weighted by Crippen LogP contribution is 2.23. The maximum absolute atomic E-state index is 12.5. The number of anilines is 1. The Kier molecular flexibility index (Phi) is 3.36. The van der Waals surface area contributed by atoms with Gasteiger partial charge < -0.3 is 4.42 Å². The number of aromatic nitrogens is 2. The van der Waals surface area contributed by atoms with Crippen LogP contribution in [0.25, 0.3) is 22.2 Å². The Balaban J connectivity index is 1.62. The van der Waals surface area contributed by atoms with Crippen LogP contribution in [-0.2, 0) is 0 Å². The zero-order valence-electron chi connectivity index (χ0n) is 11.9. The van der Waals surface area contributed by atoms with E-state index >= 15 is 0 Å². The molecule has 0 aliphatic rings. The normalized spacial score (nSPS) is 10.8. The summed E-state index contributed by atoms with van der Waals surface area (Å²) >= 11 is 1.54. The van der Waals surface area contributed by atoms with Crippen LogP contribution in [0.2, 0.25) is 0 Å². The first-order valence-corrected chi connectivity index (χ1v) is 7.91. The van der Waals surface area contributed by atoms with Gasteiger partial charge in [0.2, 0.25) is 0 Å². The molecule has 112 valence electrons. The highest BCUT2D eigenvalue weighted by Gasteiger charge is 2.14. The molecule has 23 heavy (non-hydrogen) atoms. The molecule has 2 heterocycles. The number of carbonyl (C=O) groups excluding carboxylic acids is 1. The highest BCUT2D eigenvalue weighted by atomic mass is 32.1. The van der Waals surface area contributed by atoms with E-state index in [0.29, 0.717) is 11.5 Å². The number of nitrogens with one attached hydrogen (secondary N) is 1. The molecule has 0 fully saturated rings. The van der Waals surface area contributed by atoms with Crippen LogP contribution in [-0.4, -0.2) is 16.1 Å². The molecule has 0 aliphatic carbocycles. The molecule has 4 rings (SSSR count). The summed E-state index contributed by atoms with van der Waals surface area (Å²) in [4.78, 5) is 12.5. The molecular formula is C17H11N3O2S. The topological polar surface area (TPSA) is 68.0 Å². The summed E-state index contributed by atoms with van der Waals surface area (Å²) in [5.41, 5.74) is 1.41. The summed E-state index contributed by atoms with van der Waals surface area (Å²) in [5, 5.41) is 16.2. The lowest BCUT2D eigenvalue weighted by Gasteiger charge is -2.05. The third-order valence-electron chi connectivity index (χ3n) is 3.45. The molecule has 0 atom stereocenters.